The molecule has 0 aromatic heterocycles. The predicted octanol–water partition coefficient (Wildman–Crippen LogP) is 3.51. The molecular formula is C13H18O2S. The fourth-order valence-electron chi connectivity index (χ4n) is 1.23. The first-order chi connectivity index (χ1) is 7.83. The van der Waals surface area contributed by atoms with E-state index in [1.165, 1.54) is 4.90 Å². The van der Waals surface area contributed by atoms with Crippen molar-refractivity contribution in [3.05, 3.63) is 30.3 Å². The molecule has 0 aliphatic carbocycles. The van der Waals surface area contributed by atoms with E-state index in [9.17, 15) is 4.79 Å². The number of unbranched alkanes of at least 4 members (excludes halogenated alkanes) is 1. The van der Waals surface area contributed by atoms with Crippen LogP contribution in [0.2, 0.25) is 0 Å². The molecule has 0 fully saturated rings. The standard InChI is InChI=1S/C13H18O2S/c1-2-3-9-13(14)15-10-11-16-12-7-5-4-6-8-12/h4-8H,2-3,9-11H2,1H3. The summed E-state index contributed by atoms with van der Waals surface area (Å²) < 4.78 is 5.11. The summed E-state index contributed by atoms with van der Waals surface area (Å²) in [6.45, 7) is 2.57. The molecule has 1 aromatic carbocycles. The number of carbonyl (C=O) groups is 1. The van der Waals surface area contributed by atoms with Crippen LogP contribution in [0.4, 0.5) is 0 Å². The lowest BCUT2D eigenvalue weighted by molar-refractivity contribution is -0.143. The summed E-state index contributed by atoms with van der Waals surface area (Å²) in [5, 5.41) is 0. The molecule has 0 atom stereocenters. The van der Waals surface area contributed by atoms with Gasteiger partial charge in [0.15, 0.2) is 0 Å². The zero-order valence-corrected chi connectivity index (χ0v) is 10.5. The van der Waals surface area contributed by atoms with Gasteiger partial charge in [-0.05, 0) is 18.6 Å². The Morgan fingerprint density at radius 2 is 2.06 bits per heavy atom. The first-order valence-corrected chi connectivity index (χ1v) is 6.65. The van der Waals surface area contributed by atoms with E-state index < -0.39 is 0 Å². The third-order valence-corrected chi connectivity index (χ3v) is 3.07. The number of thioether (sulfide) groups is 1. The molecule has 2 nitrogen and oxygen atoms in total. The van der Waals surface area contributed by atoms with Crippen molar-refractivity contribution in [2.75, 3.05) is 12.4 Å². The maximum atomic E-state index is 11.2. The predicted molar refractivity (Wildman–Crippen MR) is 67.7 cm³/mol. The Hall–Kier alpha value is -0.960. The smallest absolute Gasteiger partial charge is 0.305 e. The fraction of sp³-hybridized carbons (Fsp3) is 0.462. The Morgan fingerprint density at radius 1 is 1.31 bits per heavy atom. The molecule has 0 aliphatic rings. The van der Waals surface area contributed by atoms with Crippen LogP contribution in [0.3, 0.4) is 0 Å². The lowest BCUT2D eigenvalue weighted by atomic mass is 10.3. The van der Waals surface area contributed by atoms with Crippen LogP contribution < -0.4 is 0 Å². The average Bonchev–Trinajstić information content (AvgIpc) is 2.33. The molecule has 0 spiro atoms. The van der Waals surface area contributed by atoms with E-state index in [2.05, 4.69) is 19.1 Å². The SMILES string of the molecule is CCCCC(=O)OCCSc1ccccc1. The Balaban J connectivity index is 2.06. The maximum Gasteiger partial charge on any atom is 0.305 e. The lowest BCUT2D eigenvalue weighted by Crippen LogP contribution is -2.06. The highest BCUT2D eigenvalue weighted by Gasteiger charge is 2.01. The summed E-state index contributed by atoms with van der Waals surface area (Å²) in [5.74, 6) is 0.748. The number of hydrogen-bond acceptors (Lipinski definition) is 3. The van der Waals surface area contributed by atoms with E-state index in [4.69, 9.17) is 4.74 Å². The summed E-state index contributed by atoms with van der Waals surface area (Å²) in [6, 6.07) is 10.1. The molecule has 16 heavy (non-hydrogen) atoms. The highest BCUT2D eigenvalue weighted by atomic mass is 32.2. The minimum Gasteiger partial charge on any atom is -0.465 e. The normalized spacial score (nSPS) is 10.1. The second kappa shape index (κ2) is 8.22. The Bertz CT molecular complexity index is 298. The second-order valence-electron chi connectivity index (χ2n) is 3.49. The van der Waals surface area contributed by atoms with Crippen LogP contribution in [0.1, 0.15) is 26.2 Å². The van der Waals surface area contributed by atoms with Gasteiger partial charge < -0.3 is 4.74 Å². The van der Waals surface area contributed by atoms with E-state index >= 15 is 0 Å². The van der Waals surface area contributed by atoms with Crippen molar-refractivity contribution in [2.45, 2.75) is 31.1 Å². The van der Waals surface area contributed by atoms with Crippen molar-refractivity contribution in [1.82, 2.24) is 0 Å². The number of carbonyl (C=O) groups excluding carboxylic acids is 1. The molecule has 0 radical (unpaired) electrons. The third-order valence-electron chi connectivity index (χ3n) is 2.09. The van der Waals surface area contributed by atoms with Gasteiger partial charge in [-0.25, -0.2) is 0 Å². The highest BCUT2D eigenvalue weighted by molar-refractivity contribution is 7.99. The molecule has 0 aliphatic heterocycles. The lowest BCUT2D eigenvalue weighted by Gasteiger charge is -2.04. The molecule has 1 rings (SSSR count). The van der Waals surface area contributed by atoms with Crippen LogP contribution >= 0.6 is 11.8 Å². The Kier molecular flexibility index (Phi) is 6.74. The Morgan fingerprint density at radius 3 is 2.75 bits per heavy atom. The number of rotatable bonds is 7. The van der Waals surface area contributed by atoms with Crippen molar-refractivity contribution >= 4 is 17.7 Å². The zero-order valence-electron chi connectivity index (χ0n) is 9.65. The monoisotopic (exact) mass is 238 g/mol. The van der Waals surface area contributed by atoms with Crippen molar-refractivity contribution in [3.8, 4) is 0 Å². The van der Waals surface area contributed by atoms with Gasteiger partial charge in [0.05, 0.1) is 0 Å². The maximum absolute atomic E-state index is 11.2. The molecule has 0 amide bonds. The molecule has 1 aromatic rings. The van der Waals surface area contributed by atoms with Crippen molar-refractivity contribution in [3.63, 3.8) is 0 Å². The fourth-order valence-corrected chi connectivity index (χ4v) is 1.98. The van der Waals surface area contributed by atoms with Crippen LogP contribution in [0.25, 0.3) is 0 Å². The molecule has 88 valence electrons. The van der Waals surface area contributed by atoms with Crippen LogP contribution in [-0.4, -0.2) is 18.3 Å². The molecule has 3 heteroatoms. The molecule has 0 heterocycles. The van der Waals surface area contributed by atoms with E-state index in [0.717, 1.165) is 18.6 Å². The minimum atomic E-state index is -0.0736. The molecule has 0 bridgehead atoms. The summed E-state index contributed by atoms with van der Waals surface area (Å²) in [5.41, 5.74) is 0. The molecule has 0 N–H and O–H groups in total. The average molecular weight is 238 g/mol. The number of esters is 1. The molecule has 0 saturated heterocycles. The van der Waals surface area contributed by atoms with Gasteiger partial charge in [-0.1, -0.05) is 31.5 Å². The van der Waals surface area contributed by atoms with Crippen molar-refractivity contribution in [2.24, 2.45) is 0 Å². The van der Waals surface area contributed by atoms with E-state index in [1.807, 2.05) is 18.2 Å². The Labute approximate surface area is 101 Å². The highest BCUT2D eigenvalue weighted by Crippen LogP contribution is 2.16. The zero-order chi connectivity index (χ0) is 11.6. The van der Waals surface area contributed by atoms with Gasteiger partial charge in [-0.2, -0.15) is 0 Å². The minimum absolute atomic E-state index is 0.0736. The quantitative estimate of drug-likeness (QED) is 0.413. The van der Waals surface area contributed by atoms with Gasteiger partial charge in [0.2, 0.25) is 0 Å². The van der Waals surface area contributed by atoms with Crippen LogP contribution in [0.5, 0.6) is 0 Å². The van der Waals surface area contributed by atoms with E-state index in [-0.39, 0.29) is 5.97 Å². The molecular weight excluding hydrogens is 220 g/mol. The van der Waals surface area contributed by atoms with Crippen LogP contribution in [0.15, 0.2) is 35.2 Å². The van der Waals surface area contributed by atoms with Gasteiger partial charge in [-0.3, -0.25) is 4.79 Å². The van der Waals surface area contributed by atoms with Gasteiger partial charge in [0, 0.05) is 17.1 Å². The molecule has 0 saturated carbocycles. The molecule has 0 unspecified atom stereocenters. The second-order valence-corrected chi connectivity index (χ2v) is 4.65. The van der Waals surface area contributed by atoms with Crippen LogP contribution in [0, 0.1) is 0 Å². The topological polar surface area (TPSA) is 26.3 Å². The van der Waals surface area contributed by atoms with Gasteiger partial charge >= 0.3 is 5.97 Å². The largest absolute Gasteiger partial charge is 0.465 e. The summed E-state index contributed by atoms with van der Waals surface area (Å²) in [7, 11) is 0. The third kappa shape index (κ3) is 5.81. The number of ether oxygens (including phenoxy) is 1. The summed E-state index contributed by atoms with van der Waals surface area (Å²) in [4.78, 5) is 12.4. The van der Waals surface area contributed by atoms with Crippen molar-refractivity contribution < 1.29 is 9.53 Å². The van der Waals surface area contributed by atoms with E-state index in [1.54, 1.807) is 11.8 Å². The van der Waals surface area contributed by atoms with E-state index in [0.29, 0.717) is 13.0 Å². The van der Waals surface area contributed by atoms with Gasteiger partial charge in [-0.15, -0.1) is 11.8 Å². The van der Waals surface area contributed by atoms with Gasteiger partial charge in [0.25, 0.3) is 0 Å². The summed E-state index contributed by atoms with van der Waals surface area (Å²) in [6.07, 6.45) is 2.50. The van der Waals surface area contributed by atoms with Crippen molar-refractivity contribution in [1.29, 1.82) is 0 Å². The summed E-state index contributed by atoms with van der Waals surface area (Å²) >= 11 is 1.71. The van der Waals surface area contributed by atoms with Gasteiger partial charge in [0.1, 0.15) is 6.61 Å². The van der Waals surface area contributed by atoms with Crippen LogP contribution in [-0.2, 0) is 9.53 Å². The number of hydrogen-bond donors (Lipinski definition) is 0. The first kappa shape index (κ1) is 13.1. The first-order valence-electron chi connectivity index (χ1n) is 5.66. The number of benzene rings is 1.